The van der Waals surface area contributed by atoms with Gasteiger partial charge in [0, 0.05) is 22.2 Å². The summed E-state index contributed by atoms with van der Waals surface area (Å²) in [5, 5.41) is 4.24. The fraction of sp³-hybridized carbons (Fsp3) is 0.0952. The normalized spacial score (nSPS) is 10.4. The molecule has 1 N–H and O–H groups in total. The van der Waals surface area contributed by atoms with Gasteiger partial charge in [-0.2, -0.15) is 0 Å². The summed E-state index contributed by atoms with van der Waals surface area (Å²) < 4.78 is 5.69. The van der Waals surface area contributed by atoms with Crippen molar-refractivity contribution < 1.29 is 9.53 Å². The predicted molar refractivity (Wildman–Crippen MR) is 105 cm³/mol. The maximum absolute atomic E-state index is 12.2. The fourth-order valence-corrected chi connectivity index (χ4v) is 2.59. The van der Waals surface area contributed by atoms with E-state index in [9.17, 15) is 4.79 Å². The van der Waals surface area contributed by atoms with Gasteiger partial charge < -0.3 is 10.1 Å². The summed E-state index contributed by atoms with van der Waals surface area (Å²) in [6.45, 7) is 0.881. The van der Waals surface area contributed by atoms with Gasteiger partial charge in [0.2, 0.25) is 0 Å². The van der Waals surface area contributed by atoms with Crippen molar-refractivity contribution >= 4 is 29.1 Å². The summed E-state index contributed by atoms with van der Waals surface area (Å²) in [6, 6.07) is 21.9. The Morgan fingerprint density at radius 3 is 1.92 bits per heavy atom. The fourth-order valence-electron chi connectivity index (χ4n) is 2.34. The van der Waals surface area contributed by atoms with Crippen LogP contribution in [0.15, 0.2) is 72.8 Å². The highest BCUT2D eigenvalue weighted by atomic mass is 35.5. The van der Waals surface area contributed by atoms with Gasteiger partial charge in [-0.1, -0.05) is 47.5 Å². The first kappa shape index (κ1) is 18.3. The topological polar surface area (TPSA) is 38.3 Å². The predicted octanol–water partition coefficient (Wildman–Crippen LogP) is 5.50. The van der Waals surface area contributed by atoms with E-state index in [1.807, 2.05) is 36.4 Å². The van der Waals surface area contributed by atoms with Crippen LogP contribution in [-0.4, -0.2) is 5.91 Å². The number of ether oxygens (including phenoxy) is 1. The van der Waals surface area contributed by atoms with Gasteiger partial charge in [-0.3, -0.25) is 4.79 Å². The third-order valence-electron chi connectivity index (χ3n) is 3.80. The molecule has 26 heavy (non-hydrogen) atoms. The standard InChI is InChI=1S/C21H17Cl2NO2/c22-18-7-3-15(4-8-18)13-24-21(25)17-5-1-16(2-6-17)14-26-20-11-9-19(23)10-12-20/h1-12H,13-14H2,(H,24,25). The summed E-state index contributed by atoms with van der Waals surface area (Å²) in [6.07, 6.45) is 0. The molecule has 0 aliphatic carbocycles. The molecule has 0 atom stereocenters. The molecule has 0 aliphatic heterocycles. The average Bonchev–Trinajstić information content (AvgIpc) is 2.67. The van der Waals surface area contributed by atoms with E-state index in [4.69, 9.17) is 27.9 Å². The minimum atomic E-state index is -0.120. The highest BCUT2D eigenvalue weighted by molar-refractivity contribution is 6.30. The van der Waals surface area contributed by atoms with E-state index in [0.717, 1.165) is 16.9 Å². The Morgan fingerprint density at radius 2 is 1.31 bits per heavy atom. The van der Waals surface area contributed by atoms with E-state index in [2.05, 4.69) is 5.32 Å². The van der Waals surface area contributed by atoms with Gasteiger partial charge >= 0.3 is 0 Å². The zero-order chi connectivity index (χ0) is 18.4. The lowest BCUT2D eigenvalue weighted by Crippen LogP contribution is -2.22. The number of hydrogen-bond acceptors (Lipinski definition) is 2. The van der Waals surface area contributed by atoms with Crippen molar-refractivity contribution in [3.63, 3.8) is 0 Å². The number of benzene rings is 3. The van der Waals surface area contributed by atoms with E-state index in [0.29, 0.717) is 28.8 Å². The second-order valence-corrected chi connectivity index (χ2v) is 6.62. The first-order chi connectivity index (χ1) is 12.6. The lowest BCUT2D eigenvalue weighted by Gasteiger charge is -2.08. The molecule has 0 unspecified atom stereocenters. The minimum Gasteiger partial charge on any atom is -0.489 e. The molecule has 0 radical (unpaired) electrons. The van der Waals surface area contributed by atoms with Crippen LogP contribution in [0.1, 0.15) is 21.5 Å². The van der Waals surface area contributed by atoms with Crippen molar-refractivity contribution in [3.8, 4) is 5.75 Å². The molecule has 0 heterocycles. The largest absolute Gasteiger partial charge is 0.489 e. The molecule has 0 bridgehead atoms. The van der Waals surface area contributed by atoms with E-state index in [-0.39, 0.29) is 5.91 Å². The van der Waals surface area contributed by atoms with Gasteiger partial charge in [-0.25, -0.2) is 0 Å². The first-order valence-corrected chi connectivity index (χ1v) is 8.86. The SMILES string of the molecule is O=C(NCc1ccc(Cl)cc1)c1ccc(COc2ccc(Cl)cc2)cc1. The highest BCUT2D eigenvalue weighted by Crippen LogP contribution is 2.17. The molecule has 0 aliphatic rings. The quantitative estimate of drug-likeness (QED) is 0.607. The monoisotopic (exact) mass is 385 g/mol. The molecule has 0 saturated heterocycles. The Hall–Kier alpha value is -2.49. The Balaban J connectivity index is 1.52. The molecule has 0 saturated carbocycles. The maximum atomic E-state index is 12.2. The van der Waals surface area contributed by atoms with Crippen molar-refractivity contribution in [2.45, 2.75) is 13.2 Å². The molecule has 1 amide bonds. The van der Waals surface area contributed by atoms with E-state index < -0.39 is 0 Å². The highest BCUT2D eigenvalue weighted by Gasteiger charge is 2.06. The molecule has 0 spiro atoms. The third kappa shape index (κ3) is 5.25. The Labute approximate surface area is 162 Å². The van der Waals surface area contributed by atoms with Crippen LogP contribution in [0.4, 0.5) is 0 Å². The van der Waals surface area contributed by atoms with Crippen LogP contribution in [0.2, 0.25) is 10.0 Å². The number of nitrogens with one attached hydrogen (secondary N) is 1. The van der Waals surface area contributed by atoms with Gasteiger partial charge in [-0.15, -0.1) is 0 Å². The molecule has 3 nitrogen and oxygen atoms in total. The number of carbonyl (C=O) groups excluding carboxylic acids is 1. The van der Waals surface area contributed by atoms with Crippen molar-refractivity contribution in [2.24, 2.45) is 0 Å². The molecule has 0 aromatic heterocycles. The van der Waals surface area contributed by atoms with Crippen molar-refractivity contribution in [3.05, 3.63) is 99.5 Å². The summed E-state index contributed by atoms with van der Waals surface area (Å²) in [5.74, 6) is 0.629. The summed E-state index contributed by atoms with van der Waals surface area (Å²) in [5.41, 5.74) is 2.58. The van der Waals surface area contributed by atoms with Crippen LogP contribution in [0, 0.1) is 0 Å². The van der Waals surface area contributed by atoms with E-state index in [1.54, 1.807) is 36.4 Å². The van der Waals surface area contributed by atoms with Crippen LogP contribution in [-0.2, 0) is 13.2 Å². The number of amides is 1. The van der Waals surface area contributed by atoms with E-state index >= 15 is 0 Å². The third-order valence-corrected chi connectivity index (χ3v) is 4.31. The van der Waals surface area contributed by atoms with Crippen molar-refractivity contribution in [1.82, 2.24) is 5.32 Å². The van der Waals surface area contributed by atoms with Crippen molar-refractivity contribution in [1.29, 1.82) is 0 Å². The van der Waals surface area contributed by atoms with Crippen LogP contribution in [0.3, 0.4) is 0 Å². The van der Waals surface area contributed by atoms with Crippen LogP contribution >= 0.6 is 23.2 Å². The van der Waals surface area contributed by atoms with Crippen LogP contribution in [0.25, 0.3) is 0 Å². The van der Waals surface area contributed by atoms with Crippen LogP contribution in [0.5, 0.6) is 5.75 Å². The number of rotatable bonds is 6. The maximum Gasteiger partial charge on any atom is 0.251 e. The van der Waals surface area contributed by atoms with Gasteiger partial charge in [0.25, 0.3) is 5.91 Å². The molecule has 132 valence electrons. The van der Waals surface area contributed by atoms with Crippen molar-refractivity contribution in [2.75, 3.05) is 0 Å². The van der Waals surface area contributed by atoms with Gasteiger partial charge in [0.05, 0.1) is 0 Å². The summed E-state index contributed by atoms with van der Waals surface area (Å²) >= 11 is 11.7. The smallest absolute Gasteiger partial charge is 0.251 e. The second-order valence-electron chi connectivity index (χ2n) is 5.75. The molecule has 5 heteroatoms. The van der Waals surface area contributed by atoms with Gasteiger partial charge in [-0.05, 0) is 59.7 Å². The summed E-state index contributed by atoms with van der Waals surface area (Å²) in [7, 11) is 0. The Morgan fingerprint density at radius 1 is 0.769 bits per heavy atom. The van der Waals surface area contributed by atoms with Gasteiger partial charge in [0.15, 0.2) is 0 Å². The number of carbonyl (C=O) groups is 1. The van der Waals surface area contributed by atoms with E-state index in [1.165, 1.54) is 0 Å². The molecular formula is C21H17Cl2NO2. The molecule has 3 aromatic rings. The lowest BCUT2D eigenvalue weighted by molar-refractivity contribution is 0.0951. The molecule has 3 aromatic carbocycles. The average molecular weight is 386 g/mol. The second kappa shape index (κ2) is 8.75. The molecule has 3 rings (SSSR count). The Kier molecular flexibility index (Phi) is 6.16. The zero-order valence-corrected chi connectivity index (χ0v) is 15.4. The summed E-state index contributed by atoms with van der Waals surface area (Å²) in [4.78, 5) is 12.2. The molecular weight excluding hydrogens is 369 g/mol. The van der Waals surface area contributed by atoms with Crippen LogP contribution < -0.4 is 10.1 Å². The first-order valence-electron chi connectivity index (χ1n) is 8.10. The zero-order valence-electron chi connectivity index (χ0n) is 13.9. The number of halogens is 2. The minimum absolute atomic E-state index is 0.120. The molecule has 0 fully saturated rings. The van der Waals surface area contributed by atoms with Gasteiger partial charge in [0.1, 0.15) is 12.4 Å². The lowest BCUT2D eigenvalue weighted by atomic mass is 10.1. The number of hydrogen-bond donors (Lipinski definition) is 1. The Bertz CT molecular complexity index is 860.